The molecule has 1 aliphatic heterocycles. The van der Waals surface area contributed by atoms with E-state index in [0.29, 0.717) is 11.3 Å². The van der Waals surface area contributed by atoms with Gasteiger partial charge in [-0.3, -0.25) is 9.69 Å². The van der Waals surface area contributed by atoms with E-state index in [1.165, 1.54) is 0 Å². The van der Waals surface area contributed by atoms with Crippen LogP contribution >= 0.6 is 0 Å². The van der Waals surface area contributed by atoms with Crippen LogP contribution in [0.15, 0.2) is 42.5 Å². The number of hydrogen-bond acceptors (Lipinski definition) is 4. The summed E-state index contributed by atoms with van der Waals surface area (Å²) in [5, 5.41) is 3.05. The van der Waals surface area contributed by atoms with Gasteiger partial charge in [-0.15, -0.1) is 0 Å². The maximum atomic E-state index is 12.7. The molecular weight excluding hydrogens is 326 g/mol. The number of aryl methyl sites for hydroxylation is 1. The lowest BCUT2D eigenvalue weighted by atomic mass is 10.1. The van der Waals surface area contributed by atoms with E-state index in [0.717, 1.165) is 36.4 Å². The number of anilines is 2. The second kappa shape index (κ2) is 7.89. The Labute approximate surface area is 155 Å². The molecule has 0 aliphatic carbocycles. The first kappa shape index (κ1) is 18.4. The zero-order valence-corrected chi connectivity index (χ0v) is 15.7. The molecular formula is C21H27N3O2. The number of carbonyl (C=O) groups is 1. The van der Waals surface area contributed by atoms with Crippen molar-refractivity contribution in [1.29, 1.82) is 0 Å². The van der Waals surface area contributed by atoms with Gasteiger partial charge in [-0.1, -0.05) is 24.3 Å². The number of nitrogens with two attached hydrogens (primary N) is 1. The molecule has 0 radical (unpaired) electrons. The number of morpholine rings is 1. The Kier molecular flexibility index (Phi) is 5.59. The minimum absolute atomic E-state index is 0.133. The van der Waals surface area contributed by atoms with E-state index >= 15 is 0 Å². The zero-order valence-electron chi connectivity index (χ0n) is 15.7. The smallest absolute Gasteiger partial charge is 0.256 e. The van der Waals surface area contributed by atoms with Crippen molar-refractivity contribution in [2.24, 2.45) is 0 Å². The van der Waals surface area contributed by atoms with E-state index in [-0.39, 0.29) is 18.1 Å². The summed E-state index contributed by atoms with van der Waals surface area (Å²) in [7, 11) is 0. The molecule has 1 aliphatic rings. The summed E-state index contributed by atoms with van der Waals surface area (Å²) < 4.78 is 5.81. The number of rotatable bonds is 4. The quantitative estimate of drug-likeness (QED) is 0.826. The fraction of sp³-hybridized carbons (Fsp3) is 0.381. The highest BCUT2D eigenvalue weighted by molar-refractivity contribution is 6.06. The van der Waals surface area contributed by atoms with E-state index in [9.17, 15) is 4.79 Å². The Bertz CT molecular complexity index is 781. The van der Waals surface area contributed by atoms with Gasteiger partial charge in [0.1, 0.15) is 0 Å². The van der Waals surface area contributed by atoms with E-state index in [1.54, 1.807) is 12.1 Å². The molecule has 2 unspecified atom stereocenters. The van der Waals surface area contributed by atoms with Crippen molar-refractivity contribution >= 4 is 17.3 Å². The molecule has 0 spiro atoms. The topological polar surface area (TPSA) is 67.6 Å². The van der Waals surface area contributed by atoms with Gasteiger partial charge in [0.25, 0.3) is 5.91 Å². The standard InChI is InChI=1S/C21H27N3O2/c1-14-8-9-18(22)10-19(14)21(25)23-20-7-5-4-6-17(20)13-24-11-15(2)26-16(3)12-24/h4-10,15-16H,11-13,22H2,1-3H3,(H,23,25). The third-order valence-corrected chi connectivity index (χ3v) is 4.66. The number of ether oxygens (including phenoxy) is 1. The van der Waals surface area contributed by atoms with Crippen LogP contribution in [0.4, 0.5) is 11.4 Å². The molecule has 2 aromatic carbocycles. The number of nitrogens with one attached hydrogen (secondary N) is 1. The molecule has 0 bridgehead atoms. The minimum Gasteiger partial charge on any atom is -0.399 e. The van der Waals surface area contributed by atoms with Crippen molar-refractivity contribution in [3.8, 4) is 0 Å². The van der Waals surface area contributed by atoms with Gasteiger partial charge in [-0.2, -0.15) is 0 Å². The zero-order chi connectivity index (χ0) is 18.7. The van der Waals surface area contributed by atoms with Gasteiger partial charge in [-0.05, 0) is 50.1 Å². The van der Waals surface area contributed by atoms with Crippen molar-refractivity contribution < 1.29 is 9.53 Å². The molecule has 5 nitrogen and oxygen atoms in total. The first-order valence-electron chi connectivity index (χ1n) is 9.05. The van der Waals surface area contributed by atoms with Crippen molar-refractivity contribution in [3.05, 3.63) is 59.2 Å². The Morgan fingerprint density at radius 2 is 1.88 bits per heavy atom. The molecule has 1 amide bonds. The number of nitrogen functional groups attached to an aromatic ring is 1. The second-order valence-corrected chi connectivity index (χ2v) is 7.14. The number of amides is 1. The van der Waals surface area contributed by atoms with Crippen molar-refractivity contribution in [3.63, 3.8) is 0 Å². The van der Waals surface area contributed by atoms with Gasteiger partial charge in [0.05, 0.1) is 12.2 Å². The molecule has 138 valence electrons. The highest BCUT2D eigenvalue weighted by Crippen LogP contribution is 2.22. The Balaban J connectivity index is 1.77. The van der Waals surface area contributed by atoms with Gasteiger partial charge in [-0.25, -0.2) is 0 Å². The summed E-state index contributed by atoms with van der Waals surface area (Å²) in [6.45, 7) is 8.67. The molecule has 0 saturated carbocycles. The van der Waals surface area contributed by atoms with Crippen molar-refractivity contribution in [1.82, 2.24) is 4.90 Å². The second-order valence-electron chi connectivity index (χ2n) is 7.14. The van der Waals surface area contributed by atoms with E-state index in [4.69, 9.17) is 10.5 Å². The molecule has 1 heterocycles. The average molecular weight is 353 g/mol. The van der Waals surface area contributed by atoms with Crippen LogP contribution in [0.3, 0.4) is 0 Å². The third-order valence-electron chi connectivity index (χ3n) is 4.66. The molecule has 5 heteroatoms. The first-order valence-corrected chi connectivity index (χ1v) is 9.05. The van der Waals surface area contributed by atoms with Crippen molar-refractivity contribution in [2.45, 2.75) is 39.5 Å². The molecule has 2 atom stereocenters. The fourth-order valence-electron chi connectivity index (χ4n) is 3.51. The summed E-state index contributed by atoms with van der Waals surface area (Å²) in [5.41, 5.74) is 9.88. The first-order chi connectivity index (χ1) is 12.4. The monoisotopic (exact) mass is 353 g/mol. The van der Waals surface area contributed by atoms with Crippen LogP contribution in [0, 0.1) is 6.92 Å². The summed E-state index contributed by atoms with van der Waals surface area (Å²) >= 11 is 0. The molecule has 26 heavy (non-hydrogen) atoms. The molecule has 2 aromatic rings. The Morgan fingerprint density at radius 1 is 1.19 bits per heavy atom. The molecule has 1 fully saturated rings. The summed E-state index contributed by atoms with van der Waals surface area (Å²) in [6, 6.07) is 13.3. The van der Waals surface area contributed by atoms with E-state index in [1.807, 2.05) is 31.2 Å². The van der Waals surface area contributed by atoms with Crippen molar-refractivity contribution in [2.75, 3.05) is 24.1 Å². The summed E-state index contributed by atoms with van der Waals surface area (Å²) in [4.78, 5) is 15.1. The van der Waals surface area contributed by atoms with E-state index in [2.05, 4.69) is 30.1 Å². The Morgan fingerprint density at radius 3 is 2.62 bits per heavy atom. The van der Waals surface area contributed by atoms with E-state index < -0.39 is 0 Å². The van der Waals surface area contributed by atoms with Gasteiger partial charge >= 0.3 is 0 Å². The lowest BCUT2D eigenvalue weighted by Crippen LogP contribution is -2.44. The molecule has 1 saturated heterocycles. The number of hydrogen-bond donors (Lipinski definition) is 2. The molecule has 3 rings (SSSR count). The van der Waals surface area contributed by atoms with Crippen LogP contribution in [0.1, 0.15) is 35.3 Å². The summed E-state index contributed by atoms with van der Waals surface area (Å²) in [5.74, 6) is -0.133. The predicted molar refractivity (Wildman–Crippen MR) is 105 cm³/mol. The van der Waals surface area contributed by atoms with Crippen LogP contribution in [0.5, 0.6) is 0 Å². The summed E-state index contributed by atoms with van der Waals surface area (Å²) in [6.07, 6.45) is 0.436. The van der Waals surface area contributed by atoms with Gasteiger partial charge in [0.2, 0.25) is 0 Å². The average Bonchev–Trinajstić information content (AvgIpc) is 2.58. The highest BCUT2D eigenvalue weighted by Gasteiger charge is 2.23. The van der Waals surface area contributed by atoms with Gasteiger partial charge < -0.3 is 15.8 Å². The third kappa shape index (κ3) is 4.42. The lowest BCUT2D eigenvalue weighted by molar-refractivity contribution is -0.0704. The van der Waals surface area contributed by atoms with Gasteiger partial charge in [0, 0.05) is 36.6 Å². The minimum atomic E-state index is -0.133. The SMILES string of the molecule is Cc1ccc(N)cc1C(=O)Nc1ccccc1CN1CC(C)OC(C)C1. The van der Waals surface area contributed by atoms with Gasteiger partial charge in [0.15, 0.2) is 0 Å². The Hall–Kier alpha value is -2.37. The van der Waals surface area contributed by atoms with Crippen LogP contribution in [0.2, 0.25) is 0 Å². The normalized spacial score (nSPS) is 20.7. The lowest BCUT2D eigenvalue weighted by Gasteiger charge is -2.35. The molecule has 3 N–H and O–H groups in total. The number of para-hydroxylation sites is 1. The fourth-order valence-corrected chi connectivity index (χ4v) is 3.51. The number of nitrogens with zero attached hydrogens (tertiary/aromatic N) is 1. The maximum absolute atomic E-state index is 12.7. The molecule has 0 aromatic heterocycles. The number of benzene rings is 2. The highest BCUT2D eigenvalue weighted by atomic mass is 16.5. The van der Waals surface area contributed by atoms with Crippen LogP contribution in [-0.2, 0) is 11.3 Å². The predicted octanol–water partition coefficient (Wildman–Crippen LogP) is 3.44. The van der Waals surface area contributed by atoms with Crippen LogP contribution in [-0.4, -0.2) is 36.1 Å². The van der Waals surface area contributed by atoms with Crippen LogP contribution in [0.25, 0.3) is 0 Å². The number of carbonyl (C=O) groups excluding carboxylic acids is 1. The largest absolute Gasteiger partial charge is 0.399 e. The maximum Gasteiger partial charge on any atom is 0.256 e. The van der Waals surface area contributed by atoms with Crippen LogP contribution < -0.4 is 11.1 Å².